The van der Waals surface area contributed by atoms with Gasteiger partial charge in [-0.1, -0.05) is 22.9 Å². The molecule has 0 amide bonds. The van der Waals surface area contributed by atoms with Crippen molar-refractivity contribution in [3.63, 3.8) is 0 Å². The van der Waals surface area contributed by atoms with E-state index in [1.807, 2.05) is 13.8 Å². The van der Waals surface area contributed by atoms with Gasteiger partial charge in [-0.2, -0.15) is 0 Å². The largest absolute Gasteiger partial charge is 0.489 e. The van der Waals surface area contributed by atoms with Crippen LogP contribution in [-0.2, 0) is 0 Å². The van der Waals surface area contributed by atoms with Crippen LogP contribution in [0.15, 0.2) is 24.5 Å². The van der Waals surface area contributed by atoms with Gasteiger partial charge < -0.3 is 20.9 Å². The first-order valence-electron chi connectivity index (χ1n) is 8.78. The molecule has 4 N–H and O–H groups in total. The maximum Gasteiger partial charge on any atom is 0.222 e. The minimum absolute atomic E-state index is 0. The normalized spacial score (nSPS) is 11.8. The third kappa shape index (κ3) is 5.96. The third-order valence-electron chi connectivity index (χ3n) is 3.68. The smallest absolute Gasteiger partial charge is 0.222 e. The van der Waals surface area contributed by atoms with E-state index in [0.717, 1.165) is 0 Å². The van der Waals surface area contributed by atoms with Gasteiger partial charge in [-0.3, -0.25) is 0 Å². The van der Waals surface area contributed by atoms with Gasteiger partial charge >= 0.3 is 0 Å². The van der Waals surface area contributed by atoms with Gasteiger partial charge in [0.2, 0.25) is 5.95 Å². The SMILES string of the molecule is CC(C)Nc1ncc(-c2nnc(-c3cc(F)c(OC[C@@H](N)CO)cc3Cl)s2)cn1.Cl. The Balaban J connectivity index is 0.00000320. The van der Waals surface area contributed by atoms with Gasteiger partial charge in [-0.15, -0.1) is 22.6 Å². The molecule has 3 rings (SSSR count). The van der Waals surface area contributed by atoms with Crippen LogP contribution in [0.5, 0.6) is 5.75 Å². The first-order chi connectivity index (χ1) is 13.9. The summed E-state index contributed by atoms with van der Waals surface area (Å²) in [6.45, 7) is 3.69. The summed E-state index contributed by atoms with van der Waals surface area (Å²) in [5, 5.41) is 21.6. The molecule has 0 spiro atoms. The van der Waals surface area contributed by atoms with E-state index in [4.69, 9.17) is 27.2 Å². The minimum Gasteiger partial charge on any atom is -0.489 e. The van der Waals surface area contributed by atoms with Crippen LogP contribution in [0.3, 0.4) is 0 Å². The lowest BCUT2D eigenvalue weighted by atomic mass is 10.2. The second-order valence-electron chi connectivity index (χ2n) is 6.52. The maximum absolute atomic E-state index is 14.4. The Bertz CT molecular complexity index is 974. The van der Waals surface area contributed by atoms with E-state index in [1.54, 1.807) is 12.4 Å². The van der Waals surface area contributed by atoms with Crippen LogP contribution >= 0.6 is 35.3 Å². The van der Waals surface area contributed by atoms with Crippen molar-refractivity contribution in [3.05, 3.63) is 35.4 Å². The molecule has 2 aromatic heterocycles. The van der Waals surface area contributed by atoms with E-state index in [-0.39, 0.29) is 42.4 Å². The highest BCUT2D eigenvalue weighted by molar-refractivity contribution is 7.18. The molecule has 0 aliphatic rings. The molecule has 1 atom stereocenters. The van der Waals surface area contributed by atoms with Crippen LogP contribution < -0.4 is 15.8 Å². The average Bonchev–Trinajstić information content (AvgIpc) is 3.18. The Hall–Kier alpha value is -2.11. The van der Waals surface area contributed by atoms with Gasteiger partial charge in [0.25, 0.3) is 0 Å². The topological polar surface area (TPSA) is 119 Å². The molecule has 0 fully saturated rings. The molecule has 30 heavy (non-hydrogen) atoms. The molecule has 0 aliphatic heterocycles. The Morgan fingerprint density at radius 1 is 1.23 bits per heavy atom. The first kappa shape index (κ1) is 24.2. The number of nitrogens with one attached hydrogen (secondary N) is 1. The van der Waals surface area contributed by atoms with Crippen molar-refractivity contribution in [2.75, 3.05) is 18.5 Å². The van der Waals surface area contributed by atoms with E-state index in [0.29, 0.717) is 27.1 Å². The highest BCUT2D eigenvalue weighted by Gasteiger charge is 2.17. The van der Waals surface area contributed by atoms with Crippen LogP contribution in [0.2, 0.25) is 5.02 Å². The van der Waals surface area contributed by atoms with Gasteiger partial charge in [0.15, 0.2) is 16.6 Å². The van der Waals surface area contributed by atoms with Crippen molar-refractivity contribution in [3.8, 4) is 26.9 Å². The van der Waals surface area contributed by atoms with E-state index >= 15 is 0 Å². The van der Waals surface area contributed by atoms with Crippen molar-refractivity contribution in [2.24, 2.45) is 5.73 Å². The molecule has 0 radical (unpaired) electrons. The van der Waals surface area contributed by atoms with Gasteiger partial charge in [0.05, 0.1) is 17.7 Å². The molecule has 0 bridgehead atoms. The number of ether oxygens (including phenoxy) is 1. The predicted octanol–water partition coefficient (Wildman–Crippen LogP) is 3.40. The molecule has 3 aromatic rings. The average molecular weight is 475 g/mol. The summed E-state index contributed by atoms with van der Waals surface area (Å²) in [5.74, 6) is -0.136. The number of halogens is 3. The van der Waals surface area contributed by atoms with Crippen LogP contribution in [0, 0.1) is 5.82 Å². The number of aliphatic hydroxyl groups is 1. The molecule has 162 valence electrons. The molecule has 0 unspecified atom stereocenters. The fourth-order valence-corrected chi connectivity index (χ4v) is 3.42. The number of hydrogen-bond acceptors (Lipinski definition) is 9. The zero-order chi connectivity index (χ0) is 21.0. The maximum atomic E-state index is 14.4. The lowest BCUT2D eigenvalue weighted by Gasteiger charge is -2.12. The van der Waals surface area contributed by atoms with Crippen molar-refractivity contribution in [2.45, 2.75) is 25.9 Å². The van der Waals surface area contributed by atoms with Crippen molar-refractivity contribution >= 4 is 41.3 Å². The van der Waals surface area contributed by atoms with Crippen LogP contribution in [-0.4, -0.2) is 50.6 Å². The fraction of sp³-hybridized carbons (Fsp3) is 0.333. The number of aliphatic hydroxyl groups excluding tert-OH is 1. The molecule has 12 heteroatoms. The van der Waals surface area contributed by atoms with E-state index in [1.165, 1.54) is 23.5 Å². The van der Waals surface area contributed by atoms with E-state index in [9.17, 15) is 4.39 Å². The number of hydrogen-bond donors (Lipinski definition) is 3. The number of nitrogens with two attached hydrogens (primary N) is 1. The summed E-state index contributed by atoms with van der Waals surface area (Å²) in [5.41, 5.74) is 6.65. The van der Waals surface area contributed by atoms with Gasteiger partial charge in [0.1, 0.15) is 11.6 Å². The van der Waals surface area contributed by atoms with Gasteiger partial charge in [-0.05, 0) is 19.9 Å². The molecule has 0 saturated heterocycles. The lowest BCUT2D eigenvalue weighted by Crippen LogP contribution is -2.31. The summed E-state index contributed by atoms with van der Waals surface area (Å²) in [4.78, 5) is 8.50. The first-order valence-corrected chi connectivity index (χ1v) is 9.98. The van der Waals surface area contributed by atoms with Crippen molar-refractivity contribution in [1.29, 1.82) is 0 Å². The lowest BCUT2D eigenvalue weighted by molar-refractivity contribution is 0.202. The summed E-state index contributed by atoms with van der Waals surface area (Å²) in [6, 6.07) is 2.20. The van der Waals surface area contributed by atoms with Crippen molar-refractivity contribution in [1.82, 2.24) is 20.2 Å². The van der Waals surface area contributed by atoms with Crippen LogP contribution in [0.25, 0.3) is 21.1 Å². The Kier molecular flexibility index (Phi) is 8.68. The Morgan fingerprint density at radius 2 is 1.90 bits per heavy atom. The van der Waals surface area contributed by atoms with Crippen molar-refractivity contribution < 1.29 is 14.2 Å². The monoisotopic (exact) mass is 474 g/mol. The molecule has 2 heterocycles. The van der Waals surface area contributed by atoms with Gasteiger partial charge in [0, 0.05) is 35.6 Å². The summed E-state index contributed by atoms with van der Waals surface area (Å²) in [7, 11) is 0. The molecule has 0 saturated carbocycles. The molecule has 8 nitrogen and oxygen atoms in total. The number of nitrogens with zero attached hydrogens (tertiary/aromatic N) is 4. The van der Waals surface area contributed by atoms with Crippen LogP contribution in [0.1, 0.15) is 13.8 Å². The second-order valence-corrected chi connectivity index (χ2v) is 7.91. The minimum atomic E-state index is -0.612. The van der Waals surface area contributed by atoms with E-state index < -0.39 is 11.9 Å². The standard InChI is InChI=1S/C18H20ClFN6O2S.ClH/c1-9(2)24-18-22-5-10(6-23-18)16-25-26-17(29-16)12-3-14(20)15(4-13(12)19)28-8-11(21)7-27;/h3-6,9,11,27H,7-8,21H2,1-2H3,(H,22,23,24);1H/t11-;/m0./s1. The molecule has 0 aliphatic carbocycles. The number of benzene rings is 1. The number of aromatic nitrogens is 4. The van der Waals surface area contributed by atoms with E-state index in [2.05, 4.69) is 25.5 Å². The molecule has 1 aromatic carbocycles. The Morgan fingerprint density at radius 3 is 2.53 bits per heavy atom. The van der Waals surface area contributed by atoms with Gasteiger partial charge in [-0.25, -0.2) is 14.4 Å². The number of anilines is 1. The third-order valence-corrected chi connectivity index (χ3v) is 5.00. The highest BCUT2D eigenvalue weighted by atomic mass is 35.5. The quantitative estimate of drug-likeness (QED) is 0.454. The second kappa shape index (κ2) is 10.8. The Labute approximate surface area is 188 Å². The number of rotatable bonds is 8. The summed E-state index contributed by atoms with van der Waals surface area (Å²) >= 11 is 7.53. The zero-order valence-corrected chi connectivity index (χ0v) is 18.6. The predicted molar refractivity (Wildman–Crippen MR) is 118 cm³/mol. The fourth-order valence-electron chi connectivity index (χ4n) is 2.27. The summed E-state index contributed by atoms with van der Waals surface area (Å²) in [6.07, 6.45) is 3.29. The van der Waals surface area contributed by atoms with Crippen LogP contribution in [0.4, 0.5) is 10.3 Å². The molecular weight excluding hydrogens is 454 g/mol. The summed E-state index contributed by atoms with van der Waals surface area (Å²) < 4.78 is 19.7. The highest BCUT2D eigenvalue weighted by Crippen LogP contribution is 2.37. The molecular formula is C18H21Cl2FN6O2S. The zero-order valence-electron chi connectivity index (χ0n) is 16.2.